The summed E-state index contributed by atoms with van der Waals surface area (Å²) < 4.78 is 2.12. The zero-order valence-corrected chi connectivity index (χ0v) is 9.90. The van der Waals surface area contributed by atoms with E-state index in [4.69, 9.17) is 0 Å². The summed E-state index contributed by atoms with van der Waals surface area (Å²) in [6.07, 6.45) is 6.45. The zero-order valence-electron chi connectivity index (χ0n) is 8.27. The summed E-state index contributed by atoms with van der Waals surface area (Å²) in [7, 11) is 2.07. The number of nitrogens with one attached hydrogen (secondary N) is 1. The van der Waals surface area contributed by atoms with E-state index in [9.17, 15) is 0 Å². The Morgan fingerprint density at radius 3 is 2.79 bits per heavy atom. The fourth-order valence-corrected chi connectivity index (χ4v) is 1.84. The maximum atomic E-state index is 4.36. The van der Waals surface area contributed by atoms with Crippen molar-refractivity contribution in [2.75, 3.05) is 13.1 Å². The number of rotatable bonds is 1. The summed E-state index contributed by atoms with van der Waals surface area (Å²) >= 11 is 0. The van der Waals surface area contributed by atoms with E-state index in [1.165, 1.54) is 25.2 Å². The van der Waals surface area contributed by atoms with Crippen LogP contribution >= 0.6 is 24.8 Å². The molecule has 0 spiro atoms. The van der Waals surface area contributed by atoms with E-state index < -0.39 is 0 Å². The Kier molecular flexibility index (Phi) is 6.16. The molecular weight excluding hydrogens is 221 g/mol. The molecule has 1 aromatic heterocycles. The van der Waals surface area contributed by atoms with Crippen molar-refractivity contribution in [3.63, 3.8) is 0 Å². The van der Waals surface area contributed by atoms with E-state index in [2.05, 4.69) is 21.9 Å². The van der Waals surface area contributed by atoms with Crippen molar-refractivity contribution < 1.29 is 0 Å². The molecule has 1 unspecified atom stereocenters. The second-order valence-electron chi connectivity index (χ2n) is 3.44. The van der Waals surface area contributed by atoms with Crippen molar-refractivity contribution in [2.45, 2.75) is 18.8 Å². The van der Waals surface area contributed by atoms with E-state index in [0.29, 0.717) is 5.92 Å². The Morgan fingerprint density at radius 2 is 2.29 bits per heavy atom. The lowest BCUT2D eigenvalue weighted by molar-refractivity contribution is 0.439. The van der Waals surface area contributed by atoms with Crippen LogP contribution in [0.1, 0.15) is 24.6 Å². The standard InChI is InChI=1S/C9H15N3.2ClH/c1-12-6-5-11-9(12)8-3-2-4-10-7-8;;/h5-6,8,10H,2-4,7H2,1H3;2*1H. The molecule has 1 N–H and O–H groups in total. The molecule has 1 aromatic rings. The highest BCUT2D eigenvalue weighted by Crippen LogP contribution is 2.20. The van der Waals surface area contributed by atoms with Crippen molar-refractivity contribution in [3.05, 3.63) is 18.2 Å². The number of imidazole rings is 1. The molecule has 0 radical (unpaired) electrons. The van der Waals surface area contributed by atoms with Gasteiger partial charge in [0.25, 0.3) is 0 Å². The monoisotopic (exact) mass is 237 g/mol. The van der Waals surface area contributed by atoms with Gasteiger partial charge in [0.2, 0.25) is 0 Å². The minimum Gasteiger partial charge on any atom is -0.338 e. The van der Waals surface area contributed by atoms with Gasteiger partial charge in [0.15, 0.2) is 0 Å². The molecule has 0 amide bonds. The summed E-state index contributed by atoms with van der Waals surface area (Å²) in [5, 5.41) is 3.40. The fourth-order valence-electron chi connectivity index (χ4n) is 1.84. The summed E-state index contributed by atoms with van der Waals surface area (Å²) in [4.78, 5) is 4.36. The summed E-state index contributed by atoms with van der Waals surface area (Å²) in [5.41, 5.74) is 0. The number of hydrogen-bond acceptors (Lipinski definition) is 2. The SMILES string of the molecule is Cl.Cl.Cn1ccnc1C1CCCNC1. The van der Waals surface area contributed by atoms with Gasteiger partial charge in [-0.3, -0.25) is 0 Å². The molecule has 2 heterocycles. The first-order valence-corrected chi connectivity index (χ1v) is 4.56. The molecule has 0 aromatic carbocycles. The van der Waals surface area contributed by atoms with Gasteiger partial charge in [-0.1, -0.05) is 0 Å². The zero-order chi connectivity index (χ0) is 8.39. The molecule has 14 heavy (non-hydrogen) atoms. The van der Waals surface area contributed by atoms with E-state index in [-0.39, 0.29) is 24.8 Å². The van der Waals surface area contributed by atoms with E-state index in [1.807, 2.05) is 12.4 Å². The summed E-state index contributed by atoms with van der Waals surface area (Å²) in [6.45, 7) is 2.26. The van der Waals surface area contributed by atoms with Crippen LogP contribution in [-0.2, 0) is 7.05 Å². The molecule has 0 saturated carbocycles. The van der Waals surface area contributed by atoms with Crippen molar-refractivity contribution in [3.8, 4) is 0 Å². The van der Waals surface area contributed by atoms with E-state index in [1.54, 1.807) is 0 Å². The molecule has 5 heteroatoms. The van der Waals surface area contributed by atoms with Crippen LogP contribution in [0.15, 0.2) is 12.4 Å². The third-order valence-electron chi connectivity index (χ3n) is 2.52. The van der Waals surface area contributed by atoms with Gasteiger partial charge in [0.05, 0.1) is 0 Å². The first-order chi connectivity index (χ1) is 5.88. The van der Waals surface area contributed by atoms with Crippen LogP contribution < -0.4 is 5.32 Å². The highest BCUT2D eigenvalue weighted by Gasteiger charge is 2.17. The second kappa shape index (κ2) is 6.27. The average Bonchev–Trinajstić information content (AvgIpc) is 2.53. The van der Waals surface area contributed by atoms with E-state index in [0.717, 1.165) is 6.54 Å². The molecule has 0 bridgehead atoms. The lowest BCUT2D eigenvalue weighted by Gasteiger charge is -2.22. The minimum absolute atomic E-state index is 0. The predicted octanol–water partition coefficient (Wildman–Crippen LogP) is 1.73. The quantitative estimate of drug-likeness (QED) is 0.807. The molecule has 1 atom stereocenters. The molecule has 1 aliphatic heterocycles. The summed E-state index contributed by atoms with van der Waals surface area (Å²) in [6, 6.07) is 0. The van der Waals surface area contributed by atoms with Crippen LogP contribution in [-0.4, -0.2) is 22.6 Å². The van der Waals surface area contributed by atoms with Gasteiger partial charge in [-0.25, -0.2) is 4.98 Å². The van der Waals surface area contributed by atoms with Crippen LogP contribution in [0.5, 0.6) is 0 Å². The molecule has 82 valence electrons. The van der Waals surface area contributed by atoms with Crippen LogP contribution in [0.3, 0.4) is 0 Å². The van der Waals surface area contributed by atoms with Crippen molar-refractivity contribution in [2.24, 2.45) is 7.05 Å². The van der Waals surface area contributed by atoms with E-state index >= 15 is 0 Å². The van der Waals surface area contributed by atoms with Crippen LogP contribution in [0.4, 0.5) is 0 Å². The molecular formula is C9H17Cl2N3. The number of hydrogen-bond donors (Lipinski definition) is 1. The fraction of sp³-hybridized carbons (Fsp3) is 0.667. The van der Waals surface area contributed by atoms with Gasteiger partial charge >= 0.3 is 0 Å². The van der Waals surface area contributed by atoms with Crippen molar-refractivity contribution >= 4 is 24.8 Å². The molecule has 1 fully saturated rings. The van der Waals surface area contributed by atoms with Crippen molar-refractivity contribution in [1.82, 2.24) is 14.9 Å². The lowest BCUT2D eigenvalue weighted by atomic mass is 9.99. The second-order valence-corrected chi connectivity index (χ2v) is 3.44. The Bertz CT molecular complexity index is 256. The maximum Gasteiger partial charge on any atom is 0.112 e. The smallest absolute Gasteiger partial charge is 0.112 e. The normalized spacial score (nSPS) is 20.8. The Morgan fingerprint density at radius 1 is 1.50 bits per heavy atom. The largest absolute Gasteiger partial charge is 0.338 e. The highest BCUT2D eigenvalue weighted by molar-refractivity contribution is 5.85. The predicted molar refractivity (Wildman–Crippen MR) is 62.5 cm³/mol. The first kappa shape index (κ1) is 13.8. The van der Waals surface area contributed by atoms with Gasteiger partial charge in [0, 0.05) is 31.9 Å². The molecule has 1 aliphatic rings. The number of nitrogens with zero attached hydrogens (tertiary/aromatic N) is 2. The Balaban J connectivity index is 0.000000845. The number of piperidine rings is 1. The summed E-state index contributed by atoms with van der Waals surface area (Å²) in [5.74, 6) is 1.85. The Hall–Kier alpha value is -0.250. The van der Waals surface area contributed by atoms with Gasteiger partial charge in [0.1, 0.15) is 5.82 Å². The molecule has 0 aliphatic carbocycles. The average molecular weight is 238 g/mol. The third kappa shape index (κ3) is 2.87. The van der Waals surface area contributed by atoms with Crippen LogP contribution in [0, 0.1) is 0 Å². The number of aromatic nitrogens is 2. The molecule has 2 rings (SSSR count). The van der Waals surface area contributed by atoms with Gasteiger partial charge < -0.3 is 9.88 Å². The molecule has 1 saturated heterocycles. The first-order valence-electron chi connectivity index (χ1n) is 4.56. The lowest BCUT2D eigenvalue weighted by Crippen LogP contribution is -2.29. The molecule has 3 nitrogen and oxygen atoms in total. The topological polar surface area (TPSA) is 29.9 Å². The third-order valence-corrected chi connectivity index (χ3v) is 2.52. The Labute approximate surface area is 97.1 Å². The van der Waals surface area contributed by atoms with Gasteiger partial charge in [-0.2, -0.15) is 0 Å². The van der Waals surface area contributed by atoms with Gasteiger partial charge in [-0.05, 0) is 19.4 Å². The van der Waals surface area contributed by atoms with Crippen molar-refractivity contribution in [1.29, 1.82) is 0 Å². The van der Waals surface area contributed by atoms with Crippen LogP contribution in [0.25, 0.3) is 0 Å². The van der Waals surface area contributed by atoms with Gasteiger partial charge in [-0.15, -0.1) is 24.8 Å². The highest BCUT2D eigenvalue weighted by atomic mass is 35.5. The minimum atomic E-state index is 0. The van der Waals surface area contributed by atoms with Crippen LogP contribution in [0.2, 0.25) is 0 Å². The maximum absolute atomic E-state index is 4.36. The number of aryl methyl sites for hydroxylation is 1. The number of halogens is 2.